The quantitative estimate of drug-likeness (QED) is 0.889. The molecule has 106 valence electrons. The van der Waals surface area contributed by atoms with Gasteiger partial charge >= 0.3 is 0 Å². The maximum atomic E-state index is 6.04. The molecule has 0 bridgehead atoms. The lowest BCUT2D eigenvalue weighted by Crippen LogP contribution is -2.43. The topological polar surface area (TPSA) is 55.0 Å². The van der Waals surface area contributed by atoms with Gasteiger partial charge in [-0.1, -0.05) is 20.8 Å². The Kier molecular flexibility index (Phi) is 4.09. The minimum Gasteiger partial charge on any atom is -0.340 e. The molecule has 4 heteroatoms. The lowest BCUT2D eigenvalue weighted by atomic mass is 9.91. The van der Waals surface area contributed by atoms with E-state index >= 15 is 0 Å². The van der Waals surface area contributed by atoms with Crippen molar-refractivity contribution in [3.8, 4) is 0 Å². The molecule has 2 rings (SSSR count). The SMILES string of the molecule is CC(N)C1CCCN(c2nccc(C(C)(C)C)n2)C1. The summed E-state index contributed by atoms with van der Waals surface area (Å²) in [7, 11) is 0. The van der Waals surface area contributed by atoms with E-state index in [4.69, 9.17) is 10.7 Å². The fourth-order valence-electron chi connectivity index (χ4n) is 2.54. The first-order valence-corrected chi connectivity index (χ1v) is 7.22. The van der Waals surface area contributed by atoms with E-state index in [0.29, 0.717) is 5.92 Å². The zero-order valence-electron chi connectivity index (χ0n) is 12.6. The first-order valence-electron chi connectivity index (χ1n) is 7.22. The molecule has 4 nitrogen and oxygen atoms in total. The summed E-state index contributed by atoms with van der Waals surface area (Å²) in [5.74, 6) is 1.41. The Morgan fingerprint density at radius 1 is 1.42 bits per heavy atom. The van der Waals surface area contributed by atoms with Crippen LogP contribution in [0, 0.1) is 5.92 Å². The summed E-state index contributed by atoms with van der Waals surface area (Å²) >= 11 is 0. The van der Waals surface area contributed by atoms with Crippen LogP contribution in [0.1, 0.15) is 46.2 Å². The summed E-state index contributed by atoms with van der Waals surface area (Å²) in [6.07, 6.45) is 4.26. The van der Waals surface area contributed by atoms with E-state index in [0.717, 1.165) is 24.7 Å². The molecule has 0 radical (unpaired) electrons. The van der Waals surface area contributed by atoms with Crippen LogP contribution in [0.5, 0.6) is 0 Å². The summed E-state index contributed by atoms with van der Waals surface area (Å²) in [5, 5.41) is 0. The van der Waals surface area contributed by atoms with Gasteiger partial charge in [-0.15, -0.1) is 0 Å². The average Bonchev–Trinajstić information content (AvgIpc) is 2.38. The van der Waals surface area contributed by atoms with Crippen molar-refractivity contribution in [1.82, 2.24) is 9.97 Å². The van der Waals surface area contributed by atoms with Gasteiger partial charge in [0, 0.05) is 30.7 Å². The summed E-state index contributed by atoms with van der Waals surface area (Å²) < 4.78 is 0. The highest BCUT2D eigenvalue weighted by Gasteiger charge is 2.25. The van der Waals surface area contributed by atoms with Crippen LogP contribution in [0.4, 0.5) is 5.95 Å². The highest BCUT2D eigenvalue weighted by Crippen LogP contribution is 2.25. The van der Waals surface area contributed by atoms with E-state index in [-0.39, 0.29) is 11.5 Å². The van der Waals surface area contributed by atoms with Crippen LogP contribution < -0.4 is 10.6 Å². The molecular formula is C15H26N4. The van der Waals surface area contributed by atoms with Crippen LogP contribution in [0.15, 0.2) is 12.3 Å². The fraction of sp³-hybridized carbons (Fsp3) is 0.733. The zero-order valence-corrected chi connectivity index (χ0v) is 12.6. The van der Waals surface area contributed by atoms with Crippen molar-refractivity contribution in [2.75, 3.05) is 18.0 Å². The third-order valence-electron chi connectivity index (χ3n) is 3.90. The molecule has 2 heterocycles. The molecule has 1 aliphatic heterocycles. The van der Waals surface area contributed by atoms with Gasteiger partial charge in [0.1, 0.15) is 0 Å². The van der Waals surface area contributed by atoms with Gasteiger partial charge in [-0.3, -0.25) is 0 Å². The molecule has 2 N–H and O–H groups in total. The van der Waals surface area contributed by atoms with Crippen molar-refractivity contribution in [2.45, 2.75) is 52.0 Å². The molecule has 1 saturated heterocycles. The molecule has 2 atom stereocenters. The molecular weight excluding hydrogens is 236 g/mol. The van der Waals surface area contributed by atoms with E-state index in [2.05, 4.69) is 37.6 Å². The van der Waals surface area contributed by atoms with Gasteiger partial charge in [0.15, 0.2) is 0 Å². The lowest BCUT2D eigenvalue weighted by molar-refractivity contribution is 0.361. The molecule has 19 heavy (non-hydrogen) atoms. The van der Waals surface area contributed by atoms with Gasteiger partial charge in [-0.2, -0.15) is 0 Å². The summed E-state index contributed by atoms with van der Waals surface area (Å²) in [4.78, 5) is 11.5. The van der Waals surface area contributed by atoms with E-state index in [1.165, 1.54) is 12.8 Å². The molecule has 1 aliphatic rings. The monoisotopic (exact) mass is 262 g/mol. The minimum atomic E-state index is 0.0635. The summed E-state index contributed by atoms with van der Waals surface area (Å²) in [6, 6.07) is 2.25. The van der Waals surface area contributed by atoms with Gasteiger partial charge in [0.2, 0.25) is 5.95 Å². The second kappa shape index (κ2) is 5.45. The number of anilines is 1. The number of hydrogen-bond acceptors (Lipinski definition) is 4. The predicted octanol–water partition coefficient (Wildman–Crippen LogP) is 2.34. The van der Waals surface area contributed by atoms with Crippen molar-refractivity contribution in [3.63, 3.8) is 0 Å². The van der Waals surface area contributed by atoms with Crippen molar-refractivity contribution in [2.24, 2.45) is 11.7 Å². The molecule has 0 amide bonds. The van der Waals surface area contributed by atoms with Crippen LogP contribution in [0.3, 0.4) is 0 Å². The second-order valence-electron chi connectivity index (χ2n) is 6.70. The van der Waals surface area contributed by atoms with Crippen LogP contribution in [0.25, 0.3) is 0 Å². The summed E-state index contributed by atoms with van der Waals surface area (Å²) in [5.41, 5.74) is 7.20. The molecule has 0 saturated carbocycles. The predicted molar refractivity (Wildman–Crippen MR) is 79.3 cm³/mol. The van der Waals surface area contributed by atoms with Crippen LogP contribution in [0.2, 0.25) is 0 Å². The summed E-state index contributed by atoms with van der Waals surface area (Å²) in [6.45, 7) is 10.7. The highest BCUT2D eigenvalue weighted by molar-refractivity contribution is 5.32. The Morgan fingerprint density at radius 2 is 2.16 bits per heavy atom. The normalized spacial score (nSPS) is 22.4. The van der Waals surface area contributed by atoms with Crippen LogP contribution in [-0.4, -0.2) is 29.1 Å². The third kappa shape index (κ3) is 3.44. The molecule has 1 aromatic rings. The Hall–Kier alpha value is -1.16. The maximum Gasteiger partial charge on any atom is 0.225 e. The average molecular weight is 262 g/mol. The Balaban J connectivity index is 2.17. The standard InChI is InChI=1S/C15H26N4/c1-11(16)12-6-5-9-19(10-12)14-17-8-7-13(18-14)15(2,3)4/h7-8,11-12H,5-6,9-10,16H2,1-4H3. The molecule has 0 aliphatic carbocycles. The number of aromatic nitrogens is 2. The van der Waals surface area contributed by atoms with Gasteiger partial charge < -0.3 is 10.6 Å². The van der Waals surface area contributed by atoms with Crippen LogP contribution >= 0.6 is 0 Å². The fourth-order valence-corrected chi connectivity index (χ4v) is 2.54. The van der Waals surface area contributed by atoms with E-state index in [9.17, 15) is 0 Å². The van der Waals surface area contributed by atoms with Gasteiger partial charge in [0.05, 0.1) is 5.69 Å². The Morgan fingerprint density at radius 3 is 2.79 bits per heavy atom. The number of nitrogens with two attached hydrogens (primary N) is 1. The number of rotatable bonds is 2. The first-order chi connectivity index (χ1) is 8.88. The largest absolute Gasteiger partial charge is 0.340 e. The van der Waals surface area contributed by atoms with Crippen molar-refractivity contribution in [1.29, 1.82) is 0 Å². The zero-order chi connectivity index (χ0) is 14.0. The van der Waals surface area contributed by atoms with Crippen molar-refractivity contribution >= 4 is 5.95 Å². The Bertz CT molecular complexity index is 422. The maximum absolute atomic E-state index is 6.04. The first kappa shape index (κ1) is 14.3. The van der Waals surface area contributed by atoms with Crippen molar-refractivity contribution in [3.05, 3.63) is 18.0 Å². The molecule has 0 spiro atoms. The van der Waals surface area contributed by atoms with Gasteiger partial charge in [0.25, 0.3) is 0 Å². The van der Waals surface area contributed by atoms with Crippen molar-refractivity contribution < 1.29 is 0 Å². The molecule has 1 fully saturated rings. The lowest BCUT2D eigenvalue weighted by Gasteiger charge is -2.35. The Labute approximate surface area is 116 Å². The van der Waals surface area contributed by atoms with E-state index in [1.807, 2.05) is 12.3 Å². The molecule has 2 unspecified atom stereocenters. The number of hydrogen-bond donors (Lipinski definition) is 1. The third-order valence-corrected chi connectivity index (χ3v) is 3.90. The van der Waals surface area contributed by atoms with E-state index < -0.39 is 0 Å². The molecule has 1 aromatic heterocycles. The van der Waals surface area contributed by atoms with E-state index in [1.54, 1.807) is 0 Å². The van der Waals surface area contributed by atoms with Crippen LogP contribution in [-0.2, 0) is 5.41 Å². The second-order valence-corrected chi connectivity index (χ2v) is 6.70. The number of nitrogens with zero attached hydrogens (tertiary/aromatic N) is 3. The number of piperidine rings is 1. The minimum absolute atomic E-state index is 0.0635. The van der Waals surface area contributed by atoms with Gasteiger partial charge in [-0.25, -0.2) is 9.97 Å². The van der Waals surface area contributed by atoms with Gasteiger partial charge in [-0.05, 0) is 31.7 Å². The highest BCUT2D eigenvalue weighted by atomic mass is 15.3. The molecule has 0 aromatic carbocycles. The smallest absolute Gasteiger partial charge is 0.225 e.